The highest BCUT2D eigenvalue weighted by Crippen LogP contribution is 2.23. The molecule has 39 heavy (non-hydrogen) atoms. The minimum Gasteiger partial charge on any atom is -0.494 e. The van der Waals surface area contributed by atoms with E-state index >= 15 is 0 Å². The third-order valence-electron chi connectivity index (χ3n) is 6.85. The van der Waals surface area contributed by atoms with Crippen LogP contribution in [0.4, 0.5) is 5.82 Å². The number of nitrogens with one attached hydrogen (secondary N) is 1. The molecule has 4 aromatic rings. The Hall–Kier alpha value is -4.54. The molecule has 0 aliphatic carbocycles. The van der Waals surface area contributed by atoms with Crippen molar-refractivity contribution in [1.29, 1.82) is 0 Å². The molecule has 3 aromatic heterocycles. The predicted molar refractivity (Wildman–Crippen MR) is 147 cm³/mol. The molecule has 11 nitrogen and oxygen atoms in total. The van der Waals surface area contributed by atoms with E-state index in [1.807, 2.05) is 54.9 Å². The van der Waals surface area contributed by atoms with Crippen molar-refractivity contribution in [3.63, 3.8) is 0 Å². The molecule has 11 heteroatoms. The van der Waals surface area contributed by atoms with Gasteiger partial charge in [-0.05, 0) is 57.0 Å². The summed E-state index contributed by atoms with van der Waals surface area (Å²) in [4.78, 5) is 40.4. The minimum absolute atomic E-state index is 0.00258. The van der Waals surface area contributed by atoms with Crippen LogP contribution in [0.3, 0.4) is 0 Å². The van der Waals surface area contributed by atoms with E-state index in [1.165, 1.54) is 10.7 Å². The number of nitrogens with zero attached hydrogens (tertiary/aromatic N) is 7. The standard InChI is InChI=1S/C28H32N8O3/c1-3-39-23-6-4-21(5-7-23)24-8-9-27(37)36(33-24)17-13-30-28(38)22-10-14-34(15-11-22)25-18-26(32-19-31-25)35-16-12-29-20(35)2/h4-9,12,16,18-19,22H,3,10-11,13-15,17H2,1-2H3,(H,30,38). The van der Waals surface area contributed by atoms with E-state index < -0.39 is 0 Å². The maximum Gasteiger partial charge on any atom is 0.266 e. The van der Waals surface area contributed by atoms with E-state index in [9.17, 15) is 9.59 Å². The number of rotatable bonds is 9. The number of aromatic nitrogens is 6. The second-order valence-electron chi connectivity index (χ2n) is 9.37. The average molecular weight is 529 g/mol. The molecular weight excluding hydrogens is 496 g/mol. The number of ether oxygens (including phenoxy) is 1. The number of imidazole rings is 1. The van der Waals surface area contributed by atoms with Gasteiger partial charge in [-0.2, -0.15) is 5.10 Å². The first-order valence-corrected chi connectivity index (χ1v) is 13.2. The summed E-state index contributed by atoms with van der Waals surface area (Å²) < 4.78 is 8.80. The lowest BCUT2D eigenvalue weighted by molar-refractivity contribution is -0.125. The zero-order valence-corrected chi connectivity index (χ0v) is 22.2. The maximum atomic E-state index is 12.9. The van der Waals surface area contributed by atoms with Crippen LogP contribution in [0.25, 0.3) is 17.1 Å². The lowest BCUT2D eigenvalue weighted by atomic mass is 9.96. The molecule has 1 aliphatic heterocycles. The summed E-state index contributed by atoms with van der Waals surface area (Å²) in [5.41, 5.74) is 1.37. The number of aryl methyl sites for hydroxylation is 1. The van der Waals surface area contributed by atoms with Gasteiger partial charge in [0.2, 0.25) is 5.91 Å². The van der Waals surface area contributed by atoms with Crippen LogP contribution < -0.4 is 20.5 Å². The topological polar surface area (TPSA) is 120 Å². The highest BCUT2D eigenvalue weighted by Gasteiger charge is 2.25. The Balaban J connectivity index is 1.13. The Bertz CT molecular complexity index is 1470. The van der Waals surface area contributed by atoms with E-state index in [2.05, 4.69) is 30.3 Å². The maximum absolute atomic E-state index is 12.9. The summed E-state index contributed by atoms with van der Waals surface area (Å²) in [7, 11) is 0. The Morgan fingerprint density at radius 3 is 2.54 bits per heavy atom. The molecule has 0 spiro atoms. The van der Waals surface area contributed by atoms with Gasteiger partial charge in [-0.15, -0.1) is 0 Å². The number of piperidine rings is 1. The van der Waals surface area contributed by atoms with Gasteiger partial charge in [0.25, 0.3) is 5.56 Å². The summed E-state index contributed by atoms with van der Waals surface area (Å²) in [6.07, 6.45) is 6.62. The summed E-state index contributed by atoms with van der Waals surface area (Å²) in [5, 5.41) is 7.48. The van der Waals surface area contributed by atoms with Crippen molar-refractivity contribution in [1.82, 2.24) is 34.6 Å². The largest absolute Gasteiger partial charge is 0.494 e. The first-order chi connectivity index (χ1) is 19.0. The van der Waals surface area contributed by atoms with E-state index in [1.54, 1.807) is 18.6 Å². The molecule has 1 N–H and O–H groups in total. The van der Waals surface area contributed by atoms with Crippen molar-refractivity contribution in [3.8, 4) is 22.8 Å². The number of hydrogen-bond acceptors (Lipinski definition) is 8. The molecule has 1 aliphatic rings. The van der Waals surface area contributed by atoms with Crippen LogP contribution in [-0.2, 0) is 11.3 Å². The van der Waals surface area contributed by atoms with Crippen LogP contribution in [0.15, 0.2) is 66.0 Å². The lowest BCUT2D eigenvalue weighted by Crippen LogP contribution is -2.42. The lowest BCUT2D eigenvalue weighted by Gasteiger charge is -2.32. The van der Waals surface area contributed by atoms with E-state index in [-0.39, 0.29) is 17.4 Å². The van der Waals surface area contributed by atoms with E-state index in [0.29, 0.717) is 25.4 Å². The monoisotopic (exact) mass is 528 g/mol. The number of hydrogen-bond donors (Lipinski definition) is 1. The quantitative estimate of drug-likeness (QED) is 0.352. The molecule has 0 saturated carbocycles. The number of carbonyl (C=O) groups is 1. The molecule has 1 aromatic carbocycles. The fourth-order valence-electron chi connectivity index (χ4n) is 4.71. The van der Waals surface area contributed by atoms with Crippen molar-refractivity contribution in [2.24, 2.45) is 5.92 Å². The van der Waals surface area contributed by atoms with Gasteiger partial charge in [-0.25, -0.2) is 19.6 Å². The molecule has 1 amide bonds. The number of amides is 1. The normalized spacial score (nSPS) is 13.8. The predicted octanol–water partition coefficient (Wildman–Crippen LogP) is 2.63. The van der Waals surface area contributed by atoms with Crippen LogP contribution in [0, 0.1) is 12.8 Å². The van der Waals surface area contributed by atoms with Gasteiger partial charge < -0.3 is 15.0 Å². The molecule has 202 valence electrons. The van der Waals surface area contributed by atoms with Gasteiger partial charge in [0, 0.05) is 55.6 Å². The minimum atomic E-state index is -0.206. The van der Waals surface area contributed by atoms with Crippen LogP contribution in [-0.4, -0.2) is 61.4 Å². The Kier molecular flexibility index (Phi) is 7.95. The zero-order chi connectivity index (χ0) is 27.2. The number of anilines is 1. The van der Waals surface area contributed by atoms with Gasteiger partial charge in [0.15, 0.2) is 0 Å². The summed E-state index contributed by atoms with van der Waals surface area (Å²) >= 11 is 0. The Morgan fingerprint density at radius 2 is 1.82 bits per heavy atom. The fourth-order valence-corrected chi connectivity index (χ4v) is 4.71. The van der Waals surface area contributed by atoms with Gasteiger partial charge >= 0.3 is 0 Å². The summed E-state index contributed by atoms with van der Waals surface area (Å²) in [6, 6.07) is 12.7. The smallest absolute Gasteiger partial charge is 0.266 e. The first-order valence-electron chi connectivity index (χ1n) is 13.2. The first kappa shape index (κ1) is 26.1. The van der Waals surface area contributed by atoms with E-state index in [0.717, 1.165) is 54.7 Å². The van der Waals surface area contributed by atoms with Crippen molar-refractivity contribution >= 4 is 11.7 Å². The third kappa shape index (κ3) is 6.14. The van der Waals surface area contributed by atoms with Gasteiger partial charge in [-0.1, -0.05) is 0 Å². The van der Waals surface area contributed by atoms with Crippen molar-refractivity contribution in [2.75, 3.05) is 31.1 Å². The Labute approximate surface area is 226 Å². The SMILES string of the molecule is CCOc1ccc(-c2ccc(=O)n(CCNC(=O)C3CCN(c4cc(-n5ccnc5C)ncn4)CC3)n2)cc1. The van der Waals surface area contributed by atoms with Gasteiger partial charge in [0.05, 0.1) is 18.8 Å². The molecule has 0 atom stereocenters. The molecular formula is C28H32N8O3. The van der Waals surface area contributed by atoms with Crippen molar-refractivity contribution < 1.29 is 9.53 Å². The summed E-state index contributed by atoms with van der Waals surface area (Å²) in [5.74, 6) is 3.17. The van der Waals surface area contributed by atoms with Crippen LogP contribution in [0.5, 0.6) is 5.75 Å². The number of benzene rings is 1. The van der Waals surface area contributed by atoms with E-state index in [4.69, 9.17) is 4.74 Å². The second-order valence-corrected chi connectivity index (χ2v) is 9.37. The molecule has 0 bridgehead atoms. The van der Waals surface area contributed by atoms with Gasteiger partial charge in [-0.3, -0.25) is 14.2 Å². The van der Waals surface area contributed by atoms with Crippen LogP contribution in [0.1, 0.15) is 25.6 Å². The highest BCUT2D eigenvalue weighted by molar-refractivity contribution is 5.79. The van der Waals surface area contributed by atoms with Crippen molar-refractivity contribution in [3.05, 3.63) is 77.4 Å². The average Bonchev–Trinajstić information content (AvgIpc) is 3.40. The van der Waals surface area contributed by atoms with Crippen molar-refractivity contribution in [2.45, 2.75) is 33.2 Å². The highest BCUT2D eigenvalue weighted by atomic mass is 16.5. The van der Waals surface area contributed by atoms with Gasteiger partial charge in [0.1, 0.15) is 29.5 Å². The molecule has 1 saturated heterocycles. The number of carbonyl (C=O) groups excluding carboxylic acids is 1. The van der Waals surface area contributed by atoms with Crippen LogP contribution >= 0.6 is 0 Å². The van der Waals surface area contributed by atoms with Crippen LogP contribution in [0.2, 0.25) is 0 Å². The molecule has 5 rings (SSSR count). The molecule has 4 heterocycles. The molecule has 0 radical (unpaired) electrons. The molecule has 0 unspecified atom stereocenters. The zero-order valence-electron chi connectivity index (χ0n) is 22.2. The fraction of sp³-hybridized carbons (Fsp3) is 0.357. The molecule has 1 fully saturated rings. The summed E-state index contributed by atoms with van der Waals surface area (Å²) in [6.45, 7) is 6.54. The second kappa shape index (κ2) is 11.9. The Morgan fingerprint density at radius 1 is 1.05 bits per heavy atom. The third-order valence-corrected chi connectivity index (χ3v) is 6.85.